The molecule has 0 saturated carbocycles. The monoisotopic (exact) mass is 382 g/mol. The molecule has 0 unspecified atom stereocenters. The number of aromatic nitrogens is 1. The molecule has 2 heterocycles. The summed E-state index contributed by atoms with van der Waals surface area (Å²) >= 11 is 1.24. The summed E-state index contributed by atoms with van der Waals surface area (Å²) in [4.78, 5) is 31.3. The number of carbonyl (C=O) groups is 2. The first-order valence-electron chi connectivity index (χ1n) is 8.25. The fourth-order valence-corrected chi connectivity index (χ4v) is 3.78. The van der Waals surface area contributed by atoms with E-state index in [4.69, 9.17) is 0 Å². The predicted octanol–water partition coefficient (Wildman–Crippen LogP) is 4.08. The topological polar surface area (TPSA) is 74.3 Å². The van der Waals surface area contributed by atoms with Crippen molar-refractivity contribution in [1.29, 1.82) is 0 Å². The largest absolute Gasteiger partial charge is 0.328 e. The average molecular weight is 382 g/mol. The maximum Gasteiger partial charge on any atom is 0.325 e. The van der Waals surface area contributed by atoms with Gasteiger partial charge in [-0.05, 0) is 17.7 Å². The van der Waals surface area contributed by atoms with Gasteiger partial charge >= 0.3 is 6.03 Å². The maximum atomic E-state index is 13.6. The maximum absolute atomic E-state index is 13.6. The normalized spacial score (nSPS) is 12.8. The second-order valence-electron chi connectivity index (χ2n) is 6.00. The molecule has 1 aliphatic rings. The molecule has 3 amide bonds. The summed E-state index contributed by atoms with van der Waals surface area (Å²) in [7, 11) is 0. The van der Waals surface area contributed by atoms with Crippen molar-refractivity contribution >= 4 is 34.1 Å². The average Bonchev–Trinajstić information content (AvgIpc) is 3.17. The van der Waals surface area contributed by atoms with E-state index in [-0.39, 0.29) is 11.6 Å². The van der Waals surface area contributed by atoms with Crippen molar-refractivity contribution in [3.05, 3.63) is 76.5 Å². The molecule has 0 spiro atoms. The summed E-state index contributed by atoms with van der Waals surface area (Å²) in [6, 6.07) is 15.0. The molecule has 6 nitrogen and oxygen atoms in total. The van der Waals surface area contributed by atoms with E-state index < -0.39 is 11.8 Å². The molecular weight excluding hydrogens is 367 g/mol. The van der Waals surface area contributed by atoms with Gasteiger partial charge in [0.15, 0.2) is 5.13 Å². The van der Waals surface area contributed by atoms with Crippen LogP contribution in [0.3, 0.4) is 0 Å². The smallest absolute Gasteiger partial charge is 0.325 e. The summed E-state index contributed by atoms with van der Waals surface area (Å²) in [5.74, 6) is -0.686. The van der Waals surface area contributed by atoms with Gasteiger partial charge in [0.05, 0.1) is 17.1 Å². The Bertz CT molecular complexity index is 1010. The number of halogens is 1. The van der Waals surface area contributed by atoms with Gasteiger partial charge in [-0.25, -0.2) is 14.2 Å². The lowest BCUT2D eigenvalue weighted by molar-refractivity contribution is 0.0762. The molecule has 1 aromatic heterocycles. The van der Waals surface area contributed by atoms with Crippen LogP contribution in [0.4, 0.5) is 20.0 Å². The molecule has 2 aromatic carbocycles. The van der Waals surface area contributed by atoms with E-state index in [1.165, 1.54) is 29.5 Å². The number of para-hydroxylation sites is 1. The molecule has 0 aliphatic carbocycles. The summed E-state index contributed by atoms with van der Waals surface area (Å²) in [6.07, 6.45) is 0. The first-order valence-corrected chi connectivity index (χ1v) is 9.07. The quantitative estimate of drug-likeness (QED) is 0.714. The summed E-state index contributed by atoms with van der Waals surface area (Å²) in [5.41, 5.74) is 1.48. The molecule has 0 bridgehead atoms. The van der Waals surface area contributed by atoms with E-state index in [1.54, 1.807) is 11.0 Å². The number of rotatable bonds is 4. The van der Waals surface area contributed by atoms with Gasteiger partial charge in [0, 0.05) is 6.54 Å². The Hall–Kier alpha value is -3.26. The molecule has 0 fully saturated rings. The van der Waals surface area contributed by atoms with Crippen molar-refractivity contribution < 1.29 is 14.0 Å². The molecule has 2 N–H and O–H groups in total. The molecule has 0 radical (unpaired) electrons. The highest BCUT2D eigenvalue weighted by Crippen LogP contribution is 2.32. The molecular formula is C19H15FN4O2S. The minimum atomic E-state index is -0.610. The van der Waals surface area contributed by atoms with Gasteiger partial charge in [0.1, 0.15) is 11.5 Å². The predicted molar refractivity (Wildman–Crippen MR) is 101 cm³/mol. The Morgan fingerprint density at radius 3 is 2.59 bits per heavy atom. The fraction of sp³-hybridized carbons (Fsp3) is 0.105. The molecule has 0 atom stereocenters. The van der Waals surface area contributed by atoms with Gasteiger partial charge in [-0.15, -0.1) is 0 Å². The van der Waals surface area contributed by atoms with E-state index in [0.29, 0.717) is 23.9 Å². The molecule has 4 rings (SSSR count). The Morgan fingerprint density at radius 1 is 1.11 bits per heavy atom. The highest BCUT2D eigenvalue weighted by molar-refractivity contribution is 7.16. The van der Waals surface area contributed by atoms with Gasteiger partial charge in [-0.2, -0.15) is 0 Å². The second-order valence-corrected chi connectivity index (χ2v) is 7.08. The van der Waals surface area contributed by atoms with Crippen LogP contribution in [-0.2, 0) is 13.1 Å². The third kappa shape index (κ3) is 3.65. The van der Waals surface area contributed by atoms with Gasteiger partial charge in [-0.1, -0.05) is 53.8 Å². The van der Waals surface area contributed by atoms with Crippen LogP contribution in [0.2, 0.25) is 0 Å². The summed E-state index contributed by atoms with van der Waals surface area (Å²) in [5, 5.41) is 5.28. The van der Waals surface area contributed by atoms with Crippen LogP contribution in [0.15, 0.2) is 54.6 Å². The lowest BCUT2D eigenvalue weighted by atomic mass is 10.2. The molecule has 8 heteroatoms. The second kappa shape index (κ2) is 7.16. The van der Waals surface area contributed by atoms with E-state index in [9.17, 15) is 14.0 Å². The SMILES string of the molecule is O=C(Nc1nc2c(s1)CN(Cc1ccccc1)C2=O)Nc1ccccc1F. The van der Waals surface area contributed by atoms with Crippen LogP contribution in [-0.4, -0.2) is 21.8 Å². The number of carbonyl (C=O) groups excluding carboxylic acids is 2. The Morgan fingerprint density at radius 2 is 1.85 bits per heavy atom. The van der Waals surface area contributed by atoms with Crippen LogP contribution < -0.4 is 10.6 Å². The Balaban J connectivity index is 1.40. The van der Waals surface area contributed by atoms with Crippen molar-refractivity contribution in [2.24, 2.45) is 0 Å². The number of amides is 3. The highest BCUT2D eigenvalue weighted by Gasteiger charge is 2.32. The number of hydrogen-bond donors (Lipinski definition) is 2. The van der Waals surface area contributed by atoms with Crippen molar-refractivity contribution in [2.45, 2.75) is 13.1 Å². The lowest BCUT2D eigenvalue weighted by Gasteiger charge is -2.15. The number of benzene rings is 2. The van der Waals surface area contributed by atoms with E-state index in [0.717, 1.165) is 10.4 Å². The third-order valence-corrected chi connectivity index (χ3v) is 5.04. The number of hydrogen-bond acceptors (Lipinski definition) is 4. The number of urea groups is 1. The number of thiazole rings is 1. The van der Waals surface area contributed by atoms with E-state index in [1.807, 2.05) is 30.3 Å². The summed E-state index contributed by atoms with van der Waals surface area (Å²) in [6.45, 7) is 0.969. The van der Waals surface area contributed by atoms with Crippen molar-refractivity contribution in [2.75, 3.05) is 10.6 Å². The van der Waals surface area contributed by atoms with Crippen LogP contribution in [0, 0.1) is 5.82 Å². The minimum absolute atomic E-state index is 0.0733. The minimum Gasteiger partial charge on any atom is -0.328 e. The standard InChI is InChI=1S/C19H15FN4O2S/c20-13-8-4-5-9-14(13)21-18(26)23-19-22-16-15(27-19)11-24(17(16)25)10-12-6-2-1-3-7-12/h1-9H,10-11H2,(H2,21,22,23,26). The third-order valence-electron chi connectivity index (χ3n) is 4.08. The van der Waals surface area contributed by atoms with Gasteiger partial charge < -0.3 is 10.2 Å². The van der Waals surface area contributed by atoms with Crippen LogP contribution >= 0.6 is 11.3 Å². The van der Waals surface area contributed by atoms with Gasteiger partial charge in [0.2, 0.25) is 0 Å². The summed E-state index contributed by atoms with van der Waals surface area (Å²) < 4.78 is 13.6. The zero-order valence-corrected chi connectivity index (χ0v) is 14.9. The number of nitrogens with one attached hydrogen (secondary N) is 2. The highest BCUT2D eigenvalue weighted by atomic mass is 32.1. The van der Waals surface area contributed by atoms with Crippen LogP contribution in [0.25, 0.3) is 0 Å². The molecule has 27 heavy (non-hydrogen) atoms. The van der Waals surface area contributed by atoms with Crippen molar-refractivity contribution in [1.82, 2.24) is 9.88 Å². The Kier molecular flexibility index (Phi) is 4.55. The van der Waals surface area contributed by atoms with E-state index in [2.05, 4.69) is 15.6 Å². The number of fused-ring (bicyclic) bond motifs is 1. The van der Waals surface area contributed by atoms with Gasteiger partial charge in [0.25, 0.3) is 5.91 Å². The number of nitrogens with zero attached hydrogens (tertiary/aromatic N) is 2. The molecule has 0 saturated heterocycles. The molecule has 136 valence electrons. The van der Waals surface area contributed by atoms with E-state index >= 15 is 0 Å². The first-order chi connectivity index (χ1) is 13.1. The first kappa shape index (κ1) is 17.2. The van der Waals surface area contributed by atoms with Crippen molar-refractivity contribution in [3.8, 4) is 0 Å². The van der Waals surface area contributed by atoms with Gasteiger partial charge in [-0.3, -0.25) is 10.1 Å². The number of anilines is 2. The molecule has 1 aliphatic heterocycles. The van der Waals surface area contributed by atoms with Crippen LogP contribution in [0.5, 0.6) is 0 Å². The Labute approximate surface area is 158 Å². The lowest BCUT2D eigenvalue weighted by Crippen LogP contribution is -2.24. The zero-order valence-electron chi connectivity index (χ0n) is 14.1. The van der Waals surface area contributed by atoms with Crippen molar-refractivity contribution in [3.63, 3.8) is 0 Å². The van der Waals surface area contributed by atoms with Crippen LogP contribution in [0.1, 0.15) is 20.9 Å². The molecule has 3 aromatic rings. The fourth-order valence-electron chi connectivity index (χ4n) is 2.82. The zero-order chi connectivity index (χ0) is 18.8.